The number of nitrogens with one attached hydrogen (secondary N) is 2. The standard InChI is InChI=1S/C22H21ClF2N3O3PS/c1-11(8-9-22(24,25)32)26-20(29)14-10-13(23)4-5-15(14)28-21(30)18-17(31-3)7-6-16-19(18)33-12(2)27-16/h4-7,10H,1,8-9,32H2,2-3H3,(H,26,29)(H,28,30). The van der Waals surface area contributed by atoms with Gasteiger partial charge in [0.05, 0.1) is 33.6 Å². The second kappa shape index (κ2) is 10.1. The highest BCUT2D eigenvalue weighted by molar-refractivity contribution is 7.19. The highest BCUT2D eigenvalue weighted by atomic mass is 35.5. The number of anilines is 1. The van der Waals surface area contributed by atoms with Crippen molar-refractivity contribution >= 4 is 59.9 Å². The van der Waals surface area contributed by atoms with Crippen LogP contribution in [0.3, 0.4) is 0 Å². The van der Waals surface area contributed by atoms with Crippen LogP contribution in [0.5, 0.6) is 5.75 Å². The van der Waals surface area contributed by atoms with Crippen LogP contribution in [0.2, 0.25) is 5.02 Å². The first-order chi connectivity index (χ1) is 15.5. The number of aryl methyl sites for hydroxylation is 1. The number of hydrogen-bond acceptors (Lipinski definition) is 5. The lowest BCUT2D eigenvalue weighted by Crippen LogP contribution is -2.25. The molecule has 1 atom stereocenters. The number of fused-ring (bicyclic) bond motifs is 1. The topological polar surface area (TPSA) is 80.3 Å². The normalized spacial score (nSPS) is 11.3. The molecule has 0 aliphatic heterocycles. The molecule has 0 aliphatic rings. The molecule has 0 radical (unpaired) electrons. The molecule has 0 saturated heterocycles. The molecule has 0 aliphatic carbocycles. The third-order valence-electron chi connectivity index (χ3n) is 4.60. The van der Waals surface area contributed by atoms with Crippen LogP contribution >= 0.6 is 32.2 Å². The Labute approximate surface area is 200 Å². The molecule has 174 valence electrons. The predicted octanol–water partition coefficient (Wildman–Crippen LogP) is 6.01. The smallest absolute Gasteiger partial charge is 0.260 e. The predicted molar refractivity (Wildman–Crippen MR) is 131 cm³/mol. The summed E-state index contributed by atoms with van der Waals surface area (Å²) in [5.74, 6) is -0.780. The number of alkyl halides is 2. The molecule has 1 heterocycles. The number of methoxy groups -OCH3 is 1. The second-order valence-electron chi connectivity index (χ2n) is 7.19. The summed E-state index contributed by atoms with van der Waals surface area (Å²) in [6, 6.07) is 7.79. The Morgan fingerprint density at radius 1 is 1.27 bits per heavy atom. The Morgan fingerprint density at radius 3 is 2.67 bits per heavy atom. The zero-order valence-corrected chi connectivity index (χ0v) is 20.5. The minimum absolute atomic E-state index is 0.0567. The van der Waals surface area contributed by atoms with E-state index in [1.807, 2.05) is 6.92 Å². The lowest BCUT2D eigenvalue weighted by atomic mass is 10.1. The average Bonchev–Trinajstić information content (AvgIpc) is 3.12. The van der Waals surface area contributed by atoms with Crippen LogP contribution in [0, 0.1) is 6.92 Å². The summed E-state index contributed by atoms with van der Waals surface area (Å²) >= 11 is 7.41. The Bertz CT molecular complexity index is 1240. The summed E-state index contributed by atoms with van der Waals surface area (Å²) in [4.78, 5) is 30.4. The van der Waals surface area contributed by atoms with Crippen LogP contribution < -0.4 is 15.4 Å². The number of amides is 2. The van der Waals surface area contributed by atoms with Gasteiger partial charge in [-0.2, -0.15) is 0 Å². The summed E-state index contributed by atoms with van der Waals surface area (Å²) in [6.45, 7) is 5.46. The number of allylic oxidation sites excluding steroid dienone is 1. The van der Waals surface area contributed by atoms with E-state index in [0.29, 0.717) is 16.0 Å². The number of hydrogen-bond donors (Lipinski definition) is 2. The molecule has 0 fully saturated rings. The van der Waals surface area contributed by atoms with E-state index in [1.165, 1.54) is 45.9 Å². The summed E-state index contributed by atoms with van der Waals surface area (Å²) < 4.78 is 32.2. The highest BCUT2D eigenvalue weighted by Crippen LogP contribution is 2.33. The van der Waals surface area contributed by atoms with Crippen LogP contribution in [0.1, 0.15) is 38.6 Å². The molecule has 1 unspecified atom stereocenters. The van der Waals surface area contributed by atoms with Crippen LogP contribution in [0.4, 0.5) is 14.5 Å². The third kappa shape index (κ3) is 6.25. The lowest BCUT2D eigenvalue weighted by Gasteiger charge is -2.15. The Kier molecular flexibility index (Phi) is 7.67. The van der Waals surface area contributed by atoms with Crippen molar-refractivity contribution in [3.63, 3.8) is 0 Å². The van der Waals surface area contributed by atoms with Crippen LogP contribution in [-0.4, -0.2) is 29.6 Å². The van der Waals surface area contributed by atoms with Gasteiger partial charge in [0.25, 0.3) is 17.5 Å². The van der Waals surface area contributed by atoms with Gasteiger partial charge in [0.15, 0.2) is 0 Å². The quantitative estimate of drug-likeness (QED) is 0.363. The Balaban J connectivity index is 1.88. The molecule has 2 aromatic carbocycles. The minimum atomic E-state index is -2.96. The molecular weight excluding hydrogens is 491 g/mol. The molecule has 2 amide bonds. The zero-order valence-electron chi connectivity index (χ0n) is 17.8. The number of nitrogens with zero attached hydrogens (tertiary/aromatic N) is 1. The molecule has 33 heavy (non-hydrogen) atoms. The van der Waals surface area contributed by atoms with Gasteiger partial charge in [-0.1, -0.05) is 27.4 Å². The zero-order chi connectivity index (χ0) is 24.3. The van der Waals surface area contributed by atoms with Gasteiger partial charge >= 0.3 is 0 Å². The summed E-state index contributed by atoms with van der Waals surface area (Å²) in [6.07, 6.45) is -0.609. The largest absolute Gasteiger partial charge is 0.496 e. The highest BCUT2D eigenvalue weighted by Gasteiger charge is 2.23. The van der Waals surface area contributed by atoms with Crippen molar-refractivity contribution in [2.75, 3.05) is 12.4 Å². The number of ether oxygens (including phenoxy) is 1. The Morgan fingerprint density at radius 2 is 2.00 bits per heavy atom. The molecule has 3 rings (SSSR count). The number of carbonyl (C=O) groups excluding carboxylic acids is 2. The molecular formula is C22H21ClF2N3O3PS. The van der Waals surface area contributed by atoms with Gasteiger partial charge in [0, 0.05) is 17.1 Å². The van der Waals surface area contributed by atoms with Crippen molar-refractivity contribution in [2.45, 2.75) is 25.4 Å². The van der Waals surface area contributed by atoms with E-state index in [2.05, 4.69) is 22.2 Å². The number of rotatable bonds is 8. The third-order valence-corrected chi connectivity index (χ3v) is 6.13. The first kappa shape index (κ1) is 25.0. The average molecular weight is 512 g/mol. The summed E-state index contributed by atoms with van der Waals surface area (Å²) in [5.41, 5.74) is -1.66. The molecule has 2 N–H and O–H groups in total. The molecule has 0 saturated carbocycles. The summed E-state index contributed by atoms with van der Waals surface area (Å²) in [7, 11) is 2.90. The van der Waals surface area contributed by atoms with E-state index in [-0.39, 0.29) is 34.0 Å². The fourth-order valence-electron chi connectivity index (χ4n) is 3.08. The maximum absolute atomic E-state index is 13.2. The minimum Gasteiger partial charge on any atom is -0.496 e. The fraction of sp³-hybridized carbons (Fsp3) is 0.227. The van der Waals surface area contributed by atoms with Crippen molar-refractivity contribution < 1.29 is 23.1 Å². The maximum atomic E-state index is 13.2. The van der Waals surface area contributed by atoms with E-state index in [4.69, 9.17) is 16.3 Å². The van der Waals surface area contributed by atoms with Crippen molar-refractivity contribution in [1.29, 1.82) is 0 Å². The van der Waals surface area contributed by atoms with Gasteiger partial charge in [-0.15, -0.1) is 11.3 Å². The monoisotopic (exact) mass is 511 g/mol. The Hall–Kier alpha value is -2.61. The molecule has 3 aromatic rings. The molecule has 11 heteroatoms. The van der Waals surface area contributed by atoms with Gasteiger partial charge in [0.1, 0.15) is 11.3 Å². The molecule has 1 aromatic heterocycles. The lowest BCUT2D eigenvalue weighted by molar-refractivity contribution is 0.0906. The van der Waals surface area contributed by atoms with E-state index in [1.54, 1.807) is 12.1 Å². The van der Waals surface area contributed by atoms with Gasteiger partial charge in [-0.05, 0) is 43.7 Å². The van der Waals surface area contributed by atoms with Crippen molar-refractivity contribution in [3.8, 4) is 5.75 Å². The molecule has 0 bridgehead atoms. The van der Waals surface area contributed by atoms with Crippen LogP contribution in [0.15, 0.2) is 42.6 Å². The van der Waals surface area contributed by atoms with Crippen LogP contribution in [-0.2, 0) is 0 Å². The van der Waals surface area contributed by atoms with Gasteiger partial charge < -0.3 is 15.4 Å². The van der Waals surface area contributed by atoms with Crippen molar-refractivity contribution in [2.24, 2.45) is 0 Å². The number of carbonyl (C=O) groups is 2. The first-order valence-corrected chi connectivity index (χ1v) is 11.5. The van der Waals surface area contributed by atoms with E-state index >= 15 is 0 Å². The fourth-order valence-corrected chi connectivity index (χ4v) is 4.35. The van der Waals surface area contributed by atoms with Crippen LogP contribution in [0.25, 0.3) is 10.2 Å². The van der Waals surface area contributed by atoms with E-state index in [0.717, 1.165) is 5.01 Å². The maximum Gasteiger partial charge on any atom is 0.260 e. The number of aromatic nitrogens is 1. The molecule has 0 spiro atoms. The van der Waals surface area contributed by atoms with E-state index in [9.17, 15) is 18.4 Å². The van der Waals surface area contributed by atoms with Gasteiger partial charge in [-0.25, -0.2) is 13.8 Å². The van der Waals surface area contributed by atoms with Crippen molar-refractivity contribution in [1.82, 2.24) is 10.3 Å². The SMILES string of the molecule is C=C(CCC(F)(F)P)NC(=O)c1cc(Cl)ccc1NC(=O)c1c(OC)ccc2nc(C)sc12. The van der Waals surface area contributed by atoms with Gasteiger partial charge in [0.2, 0.25) is 0 Å². The molecule has 6 nitrogen and oxygen atoms in total. The number of thiazole rings is 1. The number of benzene rings is 2. The number of halogens is 3. The second-order valence-corrected chi connectivity index (χ2v) is 9.67. The van der Waals surface area contributed by atoms with Gasteiger partial charge in [-0.3, -0.25) is 9.59 Å². The van der Waals surface area contributed by atoms with E-state index < -0.39 is 23.9 Å². The summed E-state index contributed by atoms with van der Waals surface area (Å²) in [5, 5.41) is 6.26. The van der Waals surface area contributed by atoms with Crippen molar-refractivity contribution in [3.05, 3.63) is 63.8 Å². The first-order valence-electron chi connectivity index (χ1n) is 9.69.